The van der Waals surface area contributed by atoms with Crippen molar-refractivity contribution in [1.82, 2.24) is 0 Å². The zero-order chi connectivity index (χ0) is 9.90. The van der Waals surface area contributed by atoms with E-state index in [9.17, 15) is 9.59 Å². The fourth-order valence-electron chi connectivity index (χ4n) is 1.52. The number of carbonyl (C=O) groups is 2. The Morgan fingerprint density at radius 3 is 2.69 bits per heavy atom. The van der Waals surface area contributed by atoms with Crippen LogP contribution in [0.3, 0.4) is 0 Å². The van der Waals surface area contributed by atoms with Crippen molar-refractivity contribution in [3.63, 3.8) is 0 Å². The molecule has 13 heavy (non-hydrogen) atoms. The summed E-state index contributed by atoms with van der Waals surface area (Å²) in [4.78, 5) is 21.6. The van der Waals surface area contributed by atoms with Gasteiger partial charge in [0.25, 0.3) is 0 Å². The van der Waals surface area contributed by atoms with Crippen LogP contribution >= 0.6 is 0 Å². The molecule has 0 heterocycles. The van der Waals surface area contributed by atoms with Crippen molar-refractivity contribution in [3.05, 3.63) is 12.7 Å². The van der Waals surface area contributed by atoms with Gasteiger partial charge in [0.15, 0.2) is 0 Å². The first-order valence-corrected chi connectivity index (χ1v) is 4.43. The average Bonchev–Trinajstić information content (AvgIpc) is 2.09. The van der Waals surface area contributed by atoms with Gasteiger partial charge in [-0.3, -0.25) is 4.79 Å². The monoisotopic (exact) mass is 182 g/mol. The lowest BCUT2D eigenvalue weighted by molar-refractivity contribution is -0.150. The molecule has 3 heteroatoms. The molecule has 1 saturated carbocycles. The van der Waals surface area contributed by atoms with E-state index in [0.717, 1.165) is 12.5 Å². The van der Waals surface area contributed by atoms with Crippen molar-refractivity contribution in [2.24, 2.45) is 5.41 Å². The van der Waals surface area contributed by atoms with Crippen LogP contribution in [0, 0.1) is 5.41 Å². The second kappa shape index (κ2) is 3.73. The molecule has 0 aromatic heterocycles. The van der Waals surface area contributed by atoms with Gasteiger partial charge < -0.3 is 4.74 Å². The molecule has 0 radical (unpaired) electrons. The van der Waals surface area contributed by atoms with Crippen LogP contribution in [0.15, 0.2) is 12.7 Å². The Hall–Kier alpha value is -1.12. The highest BCUT2D eigenvalue weighted by Gasteiger charge is 2.42. The van der Waals surface area contributed by atoms with E-state index >= 15 is 0 Å². The first-order valence-electron chi connectivity index (χ1n) is 4.43. The molecular weight excluding hydrogens is 168 g/mol. The number of ether oxygens (including phenoxy) is 1. The van der Waals surface area contributed by atoms with Crippen LogP contribution in [0.5, 0.6) is 0 Å². The van der Waals surface area contributed by atoms with E-state index in [1.165, 1.54) is 0 Å². The lowest BCUT2D eigenvalue weighted by atomic mass is 9.67. The van der Waals surface area contributed by atoms with E-state index in [0.29, 0.717) is 19.4 Å². The minimum atomic E-state index is -0.410. The first-order chi connectivity index (χ1) is 6.12. The second-order valence-electron chi connectivity index (χ2n) is 3.56. The quantitative estimate of drug-likeness (QED) is 0.488. The summed E-state index contributed by atoms with van der Waals surface area (Å²) in [6, 6.07) is 0. The summed E-state index contributed by atoms with van der Waals surface area (Å²) in [5.41, 5.74) is -0.0737. The Bertz CT molecular complexity index is 235. The summed E-state index contributed by atoms with van der Waals surface area (Å²) >= 11 is 0. The van der Waals surface area contributed by atoms with Crippen molar-refractivity contribution in [1.29, 1.82) is 0 Å². The molecule has 0 aromatic carbocycles. The molecule has 72 valence electrons. The van der Waals surface area contributed by atoms with Gasteiger partial charge in [-0.05, 0) is 6.42 Å². The number of hydrogen-bond acceptors (Lipinski definition) is 3. The van der Waals surface area contributed by atoms with Gasteiger partial charge in [-0.2, -0.15) is 0 Å². The maximum absolute atomic E-state index is 10.8. The van der Waals surface area contributed by atoms with Crippen LogP contribution in [-0.4, -0.2) is 18.4 Å². The summed E-state index contributed by atoms with van der Waals surface area (Å²) in [6.45, 7) is 5.66. The smallest absolute Gasteiger partial charge is 0.330 e. The van der Waals surface area contributed by atoms with Crippen molar-refractivity contribution < 1.29 is 14.3 Å². The van der Waals surface area contributed by atoms with Crippen LogP contribution in [0.25, 0.3) is 0 Å². The number of esters is 1. The lowest BCUT2D eigenvalue weighted by Gasteiger charge is -2.38. The molecule has 0 spiro atoms. The lowest BCUT2D eigenvalue weighted by Crippen LogP contribution is -2.41. The molecule has 1 aliphatic carbocycles. The Morgan fingerprint density at radius 2 is 2.31 bits per heavy atom. The number of hydrogen-bond donors (Lipinski definition) is 0. The van der Waals surface area contributed by atoms with Gasteiger partial charge in [-0.15, -0.1) is 0 Å². The SMILES string of the molecule is C=CC(=O)OCC1(CC)CC(=O)C1. The Labute approximate surface area is 77.8 Å². The second-order valence-corrected chi connectivity index (χ2v) is 3.56. The summed E-state index contributed by atoms with van der Waals surface area (Å²) in [5.74, 6) is -0.149. The predicted molar refractivity (Wildman–Crippen MR) is 48.1 cm³/mol. The zero-order valence-electron chi connectivity index (χ0n) is 7.84. The van der Waals surface area contributed by atoms with Crippen LogP contribution in [0.1, 0.15) is 26.2 Å². The van der Waals surface area contributed by atoms with Crippen LogP contribution in [-0.2, 0) is 14.3 Å². The van der Waals surface area contributed by atoms with E-state index in [1.54, 1.807) is 0 Å². The molecular formula is C10H14O3. The fourth-order valence-corrected chi connectivity index (χ4v) is 1.52. The molecule has 0 aromatic rings. The summed E-state index contributed by atoms with van der Waals surface area (Å²) in [6.07, 6.45) is 3.12. The van der Waals surface area contributed by atoms with E-state index < -0.39 is 5.97 Å². The molecule has 0 bridgehead atoms. The molecule has 1 fully saturated rings. The maximum atomic E-state index is 10.8. The van der Waals surface area contributed by atoms with Crippen molar-refractivity contribution >= 4 is 11.8 Å². The molecule has 0 aliphatic heterocycles. The van der Waals surface area contributed by atoms with E-state index in [2.05, 4.69) is 6.58 Å². The fraction of sp³-hybridized carbons (Fsp3) is 0.600. The third kappa shape index (κ3) is 2.17. The highest BCUT2D eigenvalue weighted by Crippen LogP contribution is 2.41. The molecule has 3 nitrogen and oxygen atoms in total. The van der Waals surface area contributed by atoms with Gasteiger partial charge in [0, 0.05) is 24.3 Å². The van der Waals surface area contributed by atoms with E-state index in [1.807, 2.05) is 6.92 Å². The van der Waals surface area contributed by atoms with Crippen LogP contribution in [0.2, 0.25) is 0 Å². The number of ketones is 1. The topological polar surface area (TPSA) is 43.4 Å². The third-order valence-electron chi connectivity index (χ3n) is 2.58. The normalized spacial score (nSPS) is 19.0. The highest BCUT2D eigenvalue weighted by molar-refractivity contribution is 5.86. The summed E-state index contributed by atoms with van der Waals surface area (Å²) in [7, 11) is 0. The minimum absolute atomic E-state index is 0.0737. The highest BCUT2D eigenvalue weighted by atomic mass is 16.5. The molecule has 0 atom stereocenters. The number of Topliss-reactive ketones (excluding diaryl/α,β-unsaturated/α-hetero) is 1. The number of rotatable bonds is 4. The minimum Gasteiger partial charge on any atom is -0.462 e. The molecule has 1 rings (SSSR count). The molecule has 0 amide bonds. The Morgan fingerprint density at radius 1 is 1.69 bits per heavy atom. The van der Waals surface area contributed by atoms with Crippen LogP contribution in [0.4, 0.5) is 0 Å². The molecule has 0 N–H and O–H groups in total. The number of carbonyl (C=O) groups excluding carboxylic acids is 2. The van der Waals surface area contributed by atoms with Gasteiger partial charge >= 0.3 is 5.97 Å². The van der Waals surface area contributed by atoms with Gasteiger partial charge in [0.1, 0.15) is 5.78 Å². The van der Waals surface area contributed by atoms with Crippen LogP contribution < -0.4 is 0 Å². The van der Waals surface area contributed by atoms with Gasteiger partial charge in [-0.1, -0.05) is 13.5 Å². The summed E-state index contributed by atoms with van der Waals surface area (Å²) < 4.78 is 4.93. The Balaban J connectivity index is 2.38. The van der Waals surface area contributed by atoms with Gasteiger partial charge in [-0.25, -0.2) is 4.79 Å². The Kier molecular flexibility index (Phi) is 2.86. The standard InChI is InChI=1S/C10H14O3/c1-3-9(12)13-7-10(4-2)5-8(11)6-10/h3H,1,4-7H2,2H3. The van der Waals surface area contributed by atoms with E-state index in [4.69, 9.17) is 4.74 Å². The van der Waals surface area contributed by atoms with Crippen molar-refractivity contribution in [3.8, 4) is 0 Å². The average molecular weight is 182 g/mol. The molecule has 1 aliphatic rings. The van der Waals surface area contributed by atoms with Gasteiger partial charge in [0.2, 0.25) is 0 Å². The van der Waals surface area contributed by atoms with Gasteiger partial charge in [0.05, 0.1) is 6.61 Å². The summed E-state index contributed by atoms with van der Waals surface area (Å²) in [5, 5.41) is 0. The molecule has 0 unspecified atom stereocenters. The van der Waals surface area contributed by atoms with Crippen molar-refractivity contribution in [2.75, 3.05) is 6.61 Å². The third-order valence-corrected chi connectivity index (χ3v) is 2.58. The van der Waals surface area contributed by atoms with Crippen molar-refractivity contribution in [2.45, 2.75) is 26.2 Å². The largest absolute Gasteiger partial charge is 0.462 e. The zero-order valence-corrected chi connectivity index (χ0v) is 7.84. The molecule has 0 saturated heterocycles. The maximum Gasteiger partial charge on any atom is 0.330 e. The van der Waals surface area contributed by atoms with E-state index in [-0.39, 0.29) is 11.2 Å². The predicted octanol–water partition coefficient (Wildman–Crippen LogP) is 1.47. The first kappa shape index (κ1) is 9.96.